The Bertz CT molecular complexity index is 741. The average Bonchev–Trinajstić information content (AvgIpc) is 2.55. The van der Waals surface area contributed by atoms with Gasteiger partial charge in [-0.05, 0) is 79.0 Å². The Morgan fingerprint density at radius 3 is 1.93 bits per heavy atom. The summed E-state index contributed by atoms with van der Waals surface area (Å²) in [5.74, 6) is -1.48. The van der Waals surface area contributed by atoms with Crippen LogP contribution in [-0.2, 0) is 25.4 Å². The lowest BCUT2D eigenvalue weighted by Crippen LogP contribution is -2.28. The summed E-state index contributed by atoms with van der Waals surface area (Å²) in [6.45, 7) is 12.6. The second-order valence-corrected chi connectivity index (χ2v) is 10.1. The number of alkyl halides is 1. The fourth-order valence-electron chi connectivity index (χ4n) is 2.32. The lowest BCUT2D eigenvalue weighted by Gasteiger charge is -2.23. The van der Waals surface area contributed by atoms with Gasteiger partial charge in [0.1, 0.15) is 16.0 Å². The van der Waals surface area contributed by atoms with Crippen molar-refractivity contribution in [2.24, 2.45) is 0 Å². The van der Waals surface area contributed by atoms with Gasteiger partial charge in [0.2, 0.25) is 0 Å². The quantitative estimate of drug-likeness (QED) is 0.245. The normalized spacial score (nSPS) is 12.8. The number of aryl methyl sites for hydroxylation is 1. The SMILES string of the molecule is CC(Br)C(=O)OCCCc1ccc(C(=O)OC(C)(C)C)c(C(=O)OC(C)(C)C)c1. The molecule has 0 aliphatic rings. The average molecular weight is 471 g/mol. The second-order valence-electron chi connectivity index (χ2n) is 8.77. The van der Waals surface area contributed by atoms with Crippen molar-refractivity contribution >= 4 is 33.8 Å². The molecule has 0 bridgehead atoms. The summed E-state index contributed by atoms with van der Waals surface area (Å²) in [4.78, 5) is 36.4. The van der Waals surface area contributed by atoms with Crippen LogP contribution in [0.2, 0.25) is 0 Å². The van der Waals surface area contributed by atoms with Crippen LogP contribution in [0, 0.1) is 0 Å². The number of carbonyl (C=O) groups excluding carboxylic acids is 3. The minimum Gasteiger partial charge on any atom is -0.465 e. The van der Waals surface area contributed by atoms with Crippen molar-refractivity contribution in [1.29, 1.82) is 0 Å². The van der Waals surface area contributed by atoms with Gasteiger partial charge in [0.05, 0.1) is 17.7 Å². The molecule has 0 saturated carbocycles. The Balaban J connectivity index is 3.02. The van der Waals surface area contributed by atoms with E-state index in [0.717, 1.165) is 5.56 Å². The first-order valence-electron chi connectivity index (χ1n) is 9.60. The number of hydrogen-bond acceptors (Lipinski definition) is 6. The first-order chi connectivity index (χ1) is 13.2. The van der Waals surface area contributed by atoms with Gasteiger partial charge in [-0.2, -0.15) is 0 Å². The van der Waals surface area contributed by atoms with Gasteiger partial charge < -0.3 is 14.2 Å². The number of hydrogen-bond donors (Lipinski definition) is 0. The first-order valence-corrected chi connectivity index (χ1v) is 10.5. The minimum atomic E-state index is -0.696. The van der Waals surface area contributed by atoms with Gasteiger partial charge in [0.25, 0.3) is 0 Å². The van der Waals surface area contributed by atoms with Gasteiger partial charge in [0.15, 0.2) is 0 Å². The third-order valence-electron chi connectivity index (χ3n) is 3.50. The second kappa shape index (κ2) is 10.2. The van der Waals surface area contributed by atoms with E-state index in [4.69, 9.17) is 14.2 Å². The zero-order chi connectivity index (χ0) is 22.4. The van der Waals surface area contributed by atoms with E-state index in [1.807, 2.05) is 0 Å². The minimum absolute atomic E-state index is 0.164. The van der Waals surface area contributed by atoms with E-state index in [-0.39, 0.29) is 28.5 Å². The standard InChI is InChI=1S/C22H31BrO6/c1-14(23)18(24)27-12-8-9-15-10-11-16(19(25)28-21(2,3)4)17(13-15)20(26)29-22(5,6)7/h10-11,13-14H,8-9,12H2,1-7H3. The van der Waals surface area contributed by atoms with Crippen LogP contribution in [-0.4, -0.2) is 40.5 Å². The zero-order valence-electron chi connectivity index (χ0n) is 18.3. The van der Waals surface area contributed by atoms with E-state index in [1.165, 1.54) is 0 Å². The molecule has 0 heterocycles. The number of benzene rings is 1. The molecule has 162 valence electrons. The summed E-state index contributed by atoms with van der Waals surface area (Å²) in [6, 6.07) is 4.99. The molecule has 1 rings (SSSR count). The molecular formula is C22H31BrO6. The van der Waals surface area contributed by atoms with Gasteiger partial charge in [-0.1, -0.05) is 22.0 Å². The van der Waals surface area contributed by atoms with Crippen molar-refractivity contribution in [2.45, 2.75) is 77.3 Å². The highest BCUT2D eigenvalue weighted by Crippen LogP contribution is 2.21. The molecule has 0 spiro atoms. The molecule has 6 nitrogen and oxygen atoms in total. The van der Waals surface area contributed by atoms with Crippen LogP contribution in [0.5, 0.6) is 0 Å². The number of esters is 3. The topological polar surface area (TPSA) is 78.9 Å². The molecule has 0 aliphatic heterocycles. The van der Waals surface area contributed by atoms with Crippen LogP contribution in [0.25, 0.3) is 0 Å². The summed E-state index contributed by atoms with van der Waals surface area (Å²) in [5.41, 5.74) is -0.215. The Kier molecular flexibility index (Phi) is 8.87. The molecule has 1 aromatic rings. The maximum atomic E-state index is 12.7. The van der Waals surface area contributed by atoms with Gasteiger partial charge in [-0.3, -0.25) is 4.79 Å². The Labute approximate surface area is 181 Å². The highest BCUT2D eigenvalue weighted by molar-refractivity contribution is 9.10. The number of ether oxygens (including phenoxy) is 3. The van der Waals surface area contributed by atoms with Crippen LogP contribution < -0.4 is 0 Å². The molecule has 1 unspecified atom stereocenters. The van der Waals surface area contributed by atoms with Crippen molar-refractivity contribution in [3.63, 3.8) is 0 Å². The van der Waals surface area contributed by atoms with E-state index in [0.29, 0.717) is 12.8 Å². The molecular weight excluding hydrogens is 440 g/mol. The van der Waals surface area contributed by atoms with Crippen LogP contribution >= 0.6 is 15.9 Å². The van der Waals surface area contributed by atoms with E-state index in [9.17, 15) is 14.4 Å². The van der Waals surface area contributed by atoms with Crippen LogP contribution in [0.4, 0.5) is 0 Å². The Hall–Kier alpha value is -1.89. The van der Waals surface area contributed by atoms with E-state index >= 15 is 0 Å². The lowest BCUT2D eigenvalue weighted by molar-refractivity contribution is -0.142. The van der Waals surface area contributed by atoms with E-state index in [1.54, 1.807) is 66.7 Å². The lowest BCUT2D eigenvalue weighted by atomic mass is 10.0. The summed E-state index contributed by atoms with van der Waals surface area (Å²) < 4.78 is 16.0. The van der Waals surface area contributed by atoms with E-state index < -0.39 is 23.1 Å². The number of rotatable bonds is 7. The van der Waals surface area contributed by atoms with Crippen molar-refractivity contribution in [3.8, 4) is 0 Å². The van der Waals surface area contributed by atoms with Crippen LogP contribution in [0.3, 0.4) is 0 Å². The fraction of sp³-hybridized carbons (Fsp3) is 0.591. The summed E-state index contributed by atoms with van der Waals surface area (Å²) >= 11 is 3.16. The molecule has 0 aliphatic carbocycles. The highest BCUT2D eigenvalue weighted by atomic mass is 79.9. The Morgan fingerprint density at radius 2 is 1.45 bits per heavy atom. The van der Waals surface area contributed by atoms with Crippen molar-refractivity contribution in [1.82, 2.24) is 0 Å². The monoisotopic (exact) mass is 470 g/mol. The predicted octanol–water partition coefficient (Wildman–Crippen LogP) is 4.86. The molecule has 0 radical (unpaired) electrons. The van der Waals surface area contributed by atoms with Gasteiger partial charge in [-0.15, -0.1) is 0 Å². The van der Waals surface area contributed by atoms with Crippen LogP contribution in [0.1, 0.15) is 81.2 Å². The molecule has 1 atom stereocenters. The third-order valence-corrected chi connectivity index (χ3v) is 3.87. The predicted molar refractivity (Wildman–Crippen MR) is 114 cm³/mol. The van der Waals surface area contributed by atoms with Crippen molar-refractivity contribution in [2.75, 3.05) is 6.61 Å². The zero-order valence-corrected chi connectivity index (χ0v) is 19.8. The smallest absolute Gasteiger partial charge is 0.339 e. The van der Waals surface area contributed by atoms with Crippen molar-refractivity contribution < 1.29 is 28.6 Å². The number of halogens is 1. The maximum Gasteiger partial charge on any atom is 0.339 e. The fourth-order valence-corrected chi connectivity index (χ4v) is 2.46. The maximum absolute atomic E-state index is 12.7. The van der Waals surface area contributed by atoms with Gasteiger partial charge in [-0.25, -0.2) is 9.59 Å². The summed E-state index contributed by atoms with van der Waals surface area (Å²) in [6.07, 6.45) is 1.17. The molecule has 7 heteroatoms. The van der Waals surface area contributed by atoms with Gasteiger partial charge >= 0.3 is 17.9 Å². The first kappa shape index (κ1) is 25.1. The van der Waals surface area contributed by atoms with Gasteiger partial charge in [0, 0.05) is 0 Å². The molecule has 0 saturated heterocycles. The van der Waals surface area contributed by atoms with E-state index in [2.05, 4.69) is 15.9 Å². The van der Waals surface area contributed by atoms with Crippen molar-refractivity contribution in [3.05, 3.63) is 34.9 Å². The van der Waals surface area contributed by atoms with Crippen LogP contribution in [0.15, 0.2) is 18.2 Å². The molecule has 29 heavy (non-hydrogen) atoms. The molecule has 1 aromatic carbocycles. The summed E-state index contributed by atoms with van der Waals surface area (Å²) in [5, 5.41) is 0. The summed E-state index contributed by atoms with van der Waals surface area (Å²) in [7, 11) is 0. The molecule has 0 amide bonds. The highest BCUT2D eigenvalue weighted by Gasteiger charge is 2.26. The molecule has 0 aromatic heterocycles. The molecule has 0 N–H and O–H groups in total. The third kappa shape index (κ3) is 9.43. The number of carbonyl (C=O) groups is 3. The largest absolute Gasteiger partial charge is 0.465 e. The molecule has 0 fully saturated rings. The Morgan fingerprint density at radius 1 is 0.931 bits per heavy atom.